The molecule has 13 heavy (non-hydrogen) atoms. The van der Waals surface area contributed by atoms with Crippen molar-refractivity contribution in [2.24, 2.45) is 0 Å². The molecule has 1 fully saturated rings. The van der Waals surface area contributed by atoms with Crippen LogP contribution in [-0.2, 0) is 4.74 Å². The number of ether oxygens (including phenoxy) is 1. The van der Waals surface area contributed by atoms with Gasteiger partial charge in [-0.1, -0.05) is 11.3 Å². The van der Waals surface area contributed by atoms with E-state index in [0.717, 1.165) is 12.8 Å². The van der Waals surface area contributed by atoms with Crippen molar-refractivity contribution in [1.82, 2.24) is 4.98 Å². The second-order valence-electron chi connectivity index (χ2n) is 2.93. The molecule has 1 saturated heterocycles. The Morgan fingerprint density at radius 2 is 2.62 bits per heavy atom. The van der Waals surface area contributed by atoms with E-state index in [4.69, 9.17) is 10.5 Å². The van der Waals surface area contributed by atoms with Crippen molar-refractivity contribution in [2.45, 2.75) is 18.9 Å². The minimum atomic E-state index is -0.264. The molecule has 70 valence electrons. The van der Waals surface area contributed by atoms with Gasteiger partial charge < -0.3 is 10.5 Å². The zero-order chi connectivity index (χ0) is 9.26. The van der Waals surface area contributed by atoms with E-state index in [2.05, 4.69) is 4.98 Å². The van der Waals surface area contributed by atoms with Gasteiger partial charge in [-0.25, -0.2) is 4.98 Å². The van der Waals surface area contributed by atoms with E-state index in [0.29, 0.717) is 16.6 Å². The number of anilines is 1. The van der Waals surface area contributed by atoms with Crippen LogP contribution in [0.5, 0.6) is 0 Å². The summed E-state index contributed by atoms with van der Waals surface area (Å²) in [7, 11) is 0. The minimum absolute atomic E-state index is 0.0201. The molecule has 0 saturated carbocycles. The van der Waals surface area contributed by atoms with Gasteiger partial charge in [0.05, 0.1) is 11.1 Å². The lowest BCUT2D eigenvalue weighted by atomic mass is 10.1. The highest BCUT2D eigenvalue weighted by molar-refractivity contribution is 7.17. The monoisotopic (exact) mass is 198 g/mol. The van der Waals surface area contributed by atoms with Gasteiger partial charge in [-0.3, -0.25) is 4.79 Å². The first-order valence-corrected chi connectivity index (χ1v) is 4.96. The van der Waals surface area contributed by atoms with Crippen LogP contribution in [0, 0.1) is 0 Å². The molecule has 0 bridgehead atoms. The number of thiazole rings is 1. The standard InChI is InChI=1S/C8H10N2O2S/c9-8-10-4-6(13-8)7(11)5-2-1-3-12-5/h4-5H,1-3H2,(H2,9,10). The lowest BCUT2D eigenvalue weighted by molar-refractivity contribution is 0.0647. The molecule has 1 aromatic rings. The van der Waals surface area contributed by atoms with Crippen molar-refractivity contribution >= 4 is 22.3 Å². The third kappa shape index (κ3) is 1.71. The number of nitrogens with zero attached hydrogens (tertiary/aromatic N) is 1. The highest BCUT2D eigenvalue weighted by atomic mass is 32.1. The average molecular weight is 198 g/mol. The summed E-state index contributed by atoms with van der Waals surface area (Å²) in [6, 6.07) is 0. The van der Waals surface area contributed by atoms with E-state index >= 15 is 0 Å². The summed E-state index contributed by atoms with van der Waals surface area (Å²) in [5.41, 5.74) is 5.43. The lowest BCUT2D eigenvalue weighted by Crippen LogP contribution is -2.18. The number of hydrogen-bond donors (Lipinski definition) is 1. The number of hydrogen-bond acceptors (Lipinski definition) is 5. The number of nitrogen functional groups attached to an aromatic ring is 1. The number of carbonyl (C=O) groups excluding carboxylic acids is 1. The van der Waals surface area contributed by atoms with Crippen LogP contribution in [0.15, 0.2) is 6.20 Å². The van der Waals surface area contributed by atoms with Crippen molar-refractivity contribution in [3.63, 3.8) is 0 Å². The molecule has 0 spiro atoms. The summed E-state index contributed by atoms with van der Waals surface area (Å²) in [5.74, 6) is 0.0201. The van der Waals surface area contributed by atoms with E-state index in [1.165, 1.54) is 17.5 Å². The summed E-state index contributed by atoms with van der Waals surface area (Å²) >= 11 is 1.22. The van der Waals surface area contributed by atoms with Gasteiger partial charge in [-0.15, -0.1) is 0 Å². The molecule has 2 N–H and O–H groups in total. The maximum atomic E-state index is 11.7. The number of ketones is 1. The molecule has 2 rings (SSSR count). The highest BCUT2D eigenvalue weighted by Crippen LogP contribution is 2.21. The van der Waals surface area contributed by atoms with Crippen LogP contribution in [-0.4, -0.2) is 23.5 Å². The van der Waals surface area contributed by atoms with Gasteiger partial charge >= 0.3 is 0 Å². The molecule has 5 heteroatoms. The summed E-state index contributed by atoms with van der Waals surface area (Å²) in [6.45, 7) is 0.685. The van der Waals surface area contributed by atoms with Gasteiger partial charge in [0.1, 0.15) is 6.10 Å². The Hall–Kier alpha value is -0.940. The van der Waals surface area contributed by atoms with Crippen molar-refractivity contribution in [1.29, 1.82) is 0 Å². The molecular formula is C8H10N2O2S. The Morgan fingerprint density at radius 1 is 1.77 bits per heavy atom. The SMILES string of the molecule is Nc1ncc(C(=O)C2CCCO2)s1. The third-order valence-corrected chi connectivity index (χ3v) is 2.83. The van der Waals surface area contributed by atoms with E-state index in [1.54, 1.807) is 0 Å². The first-order chi connectivity index (χ1) is 6.27. The molecule has 1 aliphatic rings. The molecule has 0 amide bonds. The van der Waals surface area contributed by atoms with Crippen LogP contribution in [0.1, 0.15) is 22.5 Å². The fourth-order valence-electron chi connectivity index (χ4n) is 1.34. The van der Waals surface area contributed by atoms with Crippen molar-refractivity contribution in [3.05, 3.63) is 11.1 Å². The van der Waals surface area contributed by atoms with E-state index < -0.39 is 0 Å². The smallest absolute Gasteiger partial charge is 0.203 e. The Balaban J connectivity index is 2.12. The normalized spacial score (nSPS) is 22.0. The third-order valence-electron chi connectivity index (χ3n) is 1.99. The predicted octanol–water partition coefficient (Wildman–Crippen LogP) is 1.09. The zero-order valence-corrected chi connectivity index (χ0v) is 7.84. The first-order valence-electron chi connectivity index (χ1n) is 4.14. The highest BCUT2D eigenvalue weighted by Gasteiger charge is 2.25. The summed E-state index contributed by atoms with van der Waals surface area (Å²) < 4.78 is 5.27. The Bertz CT molecular complexity index is 318. The minimum Gasteiger partial charge on any atom is -0.375 e. The molecule has 1 unspecified atom stereocenters. The first kappa shape index (κ1) is 8.65. The molecule has 1 atom stereocenters. The predicted molar refractivity (Wildman–Crippen MR) is 49.8 cm³/mol. The van der Waals surface area contributed by atoms with Gasteiger partial charge in [-0.05, 0) is 12.8 Å². The second-order valence-corrected chi connectivity index (χ2v) is 3.99. The van der Waals surface area contributed by atoms with Gasteiger partial charge in [0.2, 0.25) is 5.78 Å². The van der Waals surface area contributed by atoms with E-state index in [9.17, 15) is 4.79 Å². The average Bonchev–Trinajstić information content (AvgIpc) is 2.72. The number of carbonyl (C=O) groups is 1. The second kappa shape index (κ2) is 3.43. The van der Waals surface area contributed by atoms with Gasteiger partial charge in [-0.2, -0.15) is 0 Å². The van der Waals surface area contributed by atoms with Gasteiger partial charge in [0.25, 0.3) is 0 Å². The Labute approximate surface area is 79.7 Å². The van der Waals surface area contributed by atoms with Crippen LogP contribution in [0.2, 0.25) is 0 Å². The maximum absolute atomic E-state index is 11.7. The van der Waals surface area contributed by atoms with Crippen molar-refractivity contribution in [2.75, 3.05) is 12.3 Å². The van der Waals surface area contributed by atoms with Gasteiger partial charge in [0, 0.05) is 6.61 Å². The molecule has 1 aromatic heterocycles. The van der Waals surface area contributed by atoms with Gasteiger partial charge in [0.15, 0.2) is 5.13 Å². The summed E-state index contributed by atoms with van der Waals surface area (Å²) in [6.07, 6.45) is 3.03. The number of Topliss-reactive ketones (excluding diaryl/α,β-unsaturated/α-hetero) is 1. The summed E-state index contributed by atoms with van der Waals surface area (Å²) in [4.78, 5) is 16.1. The van der Waals surface area contributed by atoms with Crippen LogP contribution in [0.25, 0.3) is 0 Å². The molecule has 0 aromatic carbocycles. The van der Waals surface area contributed by atoms with Crippen molar-refractivity contribution < 1.29 is 9.53 Å². The fourth-order valence-corrected chi connectivity index (χ4v) is 2.01. The van der Waals surface area contributed by atoms with E-state index in [-0.39, 0.29) is 11.9 Å². The fraction of sp³-hybridized carbons (Fsp3) is 0.500. The number of nitrogens with two attached hydrogens (primary N) is 1. The molecule has 0 aliphatic carbocycles. The lowest BCUT2D eigenvalue weighted by Gasteiger charge is -2.04. The zero-order valence-electron chi connectivity index (χ0n) is 7.03. The molecular weight excluding hydrogens is 188 g/mol. The number of aromatic nitrogens is 1. The Morgan fingerprint density at radius 3 is 3.15 bits per heavy atom. The van der Waals surface area contributed by atoms with Crippen LogP contribution < -0.4 is 5.73 Å². The maximum Gasteiger partial charge on any atom is 0.203 e. The molecule has 0 radical (unpaired) electrons. The van der Waals surface area contributed by atoms with Crippen LogP contribution in [0.4, 0.5) is 5.13 Å². The Kier molecular flexibility index (Phi) is 2.28. The quantitative estimate of drug-likeness (QED) is 0.722. The number of rotatable bonds is 2. The van der Waals surface area contributed by atoms with E-state index in [1.807, 2.05) is 0 Å². The topological polar surface area (TPSA) is 65.2 Å². The van der Waals surface area contributed by atoms with Crippen molar-refractivity contribution in [3.8, 4) is 0 Å². The largest absolute Gasteiger partial charge is 0.375 e. The summed E-state index contributed by atoms with van der Waals surface area (Å²) in [5, 5.41) is 0.432. The molecule has 2 heterocycles. The van der Waals surface area contributed by atoms with Crippen LogP contribution in [0.3, 0.4) is 0 Å². The molecule has 4 nitrogen and oxygen atoms in total. The molecule has 1 aliphatic heterocycles. The van der Waals surface area contributed by atoms with Crippen LogP contribution >= 0.6 is 11.3 Å².